The van der Waals surface area contributed by atoms with Crippen LogP contribution >= 0.6 is 0 Å². The standard InChI is InChI=1S/C16H28N4O/c1-11(2)17-7-6-14-12(3)18-16(19-13(14)4)15-10-20(5)8-9-21-15/h11,15,17H,6-10H2,1-5H3. The molecule has 21 heavy (non-hydrogen) atoms. The van der Waals surface area contributed by atoms with Gasteiger partial charge in [0, 0.05) is 30.5 Å². The van der Waals surface area contributed by atoms with Crippen molar-refractivity contribution < 1.29 is 4.74 Å². The topological polar surface area (TPSA) is 50.3 Å². The number of nitrogens with one attached hydrogen (secondary N) is 1. The van der Waals surface area contributed by atoms with Crippen LogP contribution in [0.5, 0.6) is 0 Å². The van der Waals surface area contributed by atoms with Crippen LogP contribution in [0.2, 0.25) is 0 Å². The largest absolute Gasteiger partial charge is 0.368 e. The summed E-state index contributed by atoms with van der Waals surface area (Å²) in [7, 11) is 2.11. The van der Waals surface area contributed by atoms with E-state index in [-0.39, 0.29) is 6.10 Å². The zero-order valence-corrected chi connectivity index (χ0v) is 13.9. The maximum atomic E-state index is 5.82. The molecule has 0 aliphatic carbocycles. The van der Waals surface area contributed by atoms with Gasteiger partial charge in [0.2, 0.25) is 0 Å². The van der Waals surface area contributed by atoms with E-state index in [9.17, 15) is 0 Å². The van der Waals surface area contributed by atoms with Gasteiger partial charge in [0.1, 0.15) is 6.10 Å². The maximum absolute atomic E-state index is 5.82. The first-order chi connectivity index (χ1) is 9.97. The van der Waals surface area contributed by atoms with Crippen LogP contribution in [-0.4, -0.2) is 54.2 Å². The molecule has 5 nitrogen and oxygen atoms in total. The van der Waals surface area contributed by atoms with Crippen molar-refractivity contribution in [2.75, 3.05) is 33.3 Å². The average Bonchev–Trinajstić information content (AvgIpc) is 2.41. The number of aryl methyl sites for hydroxylation is 2. The number of hydrogen-bond acceptors (Lipinski definition) is 5. The van der Waals surface area contributed by atoms with E-state index in [0.717, 1.165) is 49.9 Å². The van der Waals surface area contributed by atoms with Gasteiger partial charge in [-0.2, -0.15) is 0 Å². The van der Waals surface area contributed by atoms with Crippen molar-refractivity contribution in [1.29, 1.82) is 0 Å². The molecule has 0 bridgehead atoms. The Labute approximate surface area is 128 Å². The summed E-state index contributed by atoms with van der Waals surface area (Å²) in [5.41, 5.74) is 3.43. The fraction of sp³-hybridized carbons (Fsp3) is 0.750. The van der Waals surface area contributed by atoms with Crippen molar-refractivity contribution in [3.63, 3.8) is 0 Å². The van der Waals surface area contributed by atoms with Crippen molar-refractivity contribution in [2.45, 2.75) is 46.3 Å². The molecule has 1 N–H and O–H groups in total. The Morgan fingerprint density at radius 2 is 1.95 bits per heavy atom. The van der Waals surface area contributed by atoms with E-state index in [1.165, 1.54) is 5.56 Å². The molecular weight excluding hydrogens is 264 g/mol. The van der Waals surface area contributed by atoms with E-state index in [2.05, 4.69) is 45.0 Å². The number of likely N-dealkylation sites (N-methyl/N-ethyl adjacent to an activating group) is 1. The van der Waals surface area contributed by atoms with E-state index in [0.29, 0.717) is 6.04 Å². The summed E-state index contributed by atoms with van der Waals surface area (Å²) in [6.07, 6.45) is 0.977. The first kappa shape index (κ1) is 16.3. The molecule has 0 aromatic carbocycles. The fourth-order valence-electron chi connectivity index (χ4n) is 2.69. The molecule has 0 radical (unpaired) electrons. The molecule has 118 valence electrons. The normalized spacial score (nSPS) is 20.2. The highest BCUT2D eigenvalue weighted by molar-refractivity contribution is 5.25. The van der Waals surface area contributed by atoms with Gasteiger partial charge < -0.3 is 15.0 Å². The van der Waals surface area contributed by atoms with E-state index in [1.54, 1.807) is 0 Å². The molecule has 1 fully saturated rings. The third kappa shape index (κ3) is 4.46. The van der Waals surface area contributed by atoms with Crippen molar-refractivity contribution in [1.82, 2.24) is 20.2 Å². The number of rotatable bonds is 5. The summed E-state index contributed by atoms with van der Waals surface area (Å²) in [4.78, 5) is 11.7. The lowest BCUT2D eigenvalue weighted by Crippen LogP contribution is -2.36. The number of ether oxygens (including phenoxy) is 1. The van der Waals surface area contributed by atoms with Gasteiger partial charge in [0.15, 0.2) is 5.82 Å². The molecule has 1 unspecified atom stereocenters. The van der Waals surface area contributed by atoms with E-state index < -0.39 is 0 Å². The molecule has 1 saturated heterocycles. The van der Waals surface area contributed by atoms with Crippen LogP contribution in [0.1, 0.15) is 42.7 Å². The third-order valence-corrected chi connectivity index (χ3v) is 3.92. The SMILES string of the molecule is Cc1nc(C2CN(C)CCO2)nc(C)c1CCNC(C)C. The highest BCUT2D eigenvalue weighted by Crippen LogP contribution is 2.21. The summed E-state index contributed by atoms with van der Waals surface area (Å²) in [5, 5.41) is 3.45. The van der Waals surface area contributed by atoms with E-state index in [1.807, 2.05) is 0 Å². The van der Waals surface area contributed by atoms with Crippen molar-refractivity contribution in [2.24, 2.45) is 0 Å². The number of hydrogen-bond donors (Lipinski definition) is 1. The van der Waals surface area contributed by atoms with E-state index >= 15 is 0 Å². The second-order valence-electron chi connectivity index (χ2n) is 6.21. The predicted molar refractivity (Wildman–Crippen MR) is 84.5 cm³/mol. The molecule has 0 amide bonds. The minimum absolute atomic E-state index is 0.00369. The van der Waals surface area contributed by atoms with Gasteiger partial charge in [-0.3, -0.25) is 0 Å². The maximum Gasteiger partial charge on any atom is 0.158 e. The van der Waals surface area contributed by atoms with E-state index in [4.69, 9.17) is 14.7 Å². The molecule has 0 saturated carbocycles. The van der Waals surface area contributed by atoms with Gasteiger partial charge in [0.05, 0.1) is 6.61 Å². The molecular formula is C16H28N4O. The van der Waals surface area contributed by atoms with Crippen LogP contribution in [0.4, 0.5) is 0 Å². The Morgan fingerprint density at radius 1 is 1.29 bits per heavy atom. The van der Waals surface area contributed by atoms with Gasteiger partial charge in [-0.15, -0.1) is 0 Å². The Balaban J connectivity index is 2.09. The molecule has 1 aliphatic rings. The Bertz CT molecular complexity index is 452. The van der Waals surface area contributed by atoms with Crippen LogP contribution in [-0.2, 0) is 11.2 Å². The third-order valence-electron chi connectivity index (χ3n) is 3.92. The number of nitrogens with zero attached hydrogens (tertiary/aromatic N) is 3. The van der Waals surface area contributed by atoms with Gasteiger partial charge in [-0.1, -0.05) is 13.8 Å². The first-order valence-corrected chi connectivity index (χ1v) is 7.85. The molecule has 2 rings (SSSR count). The van der Waals surface area contributed by atoms with Crippen LogP contribution in [0.15, 0.2) is 0 Å². The summed E-state index contributed by atoms with van der Waals surface area (Å²) in [5.74, 6) is 0.831. The van der Waals surface area contributed by atoms with Crippen LogP contribution in [0.25, 0.3) is 0 Å². The lowest BCUT2D eigenvalue weighted by Gasteiger charge is -2.29. The van der Waals surface area contributed by atoms with Crippen LogP contribution in [0.3, 0.4) is 0 Å². The number of aromatic nitrogens is 2. The lowest BCUT2D eigenvalue weighted by molar-refractivity contribution is -0.0256. The summed E-state index contributed by atoms with van der Waals surface area (Å²) in [6, 6.07) is 0.511. The monoisotopic (exact) mass is 292 g/mol. The second kappa shape index (κ2) is 7.29. The predicted octanol–water partition coefficient (Wildman–Crippen LogP) is 1.64. The van der Waals surface area contributed by atoms with Crippen LogP contribution < -0.4 is 5.32 Å². The van der Waals surface area contributed by atoms with Crippen molar-refractivity contribution in [3.05, 3.63) is 22.8 Å². The Morgan fingerprint density at radius 3 is 2.52 bits per heavy atom. The summed E-state index contributed by atoms with van der Waals surface area (Å²) < 4.78 is 5.82. The quantitative estimate of drug-likeness (QED) is 0.894. The first-order valence-electron chi connectivity index (χ1n) is 7.85. The van der Waals surface area contributed by atoms with Gasteiger partial charge in [-0.05, 0) is 39.4 Å². The Kier molecular flexibility index (Phi) is 5.67. The number of morpholine rings is 1. The fourth-order valence-corrected chi connectivity index (χ4v) is 2.69. The summed E-state index contributed by atoms with van der Waals surface area (Å²) in [6.45, 7) is 12.0. The minimum Gasteiger partial charge on any atom is -0.368 e. The lowest BCUT2D eigenvalue weighted by atomic mass is 10.1. The highest BCUT2D eigenvalue weighted by Gasteiger charge is 2.23. The van der Waals surface area contributed by atoms with Gasteiger partial charge >= 0.3 is 0 Å². The average molecular weight is 292 g/mol. The molecule has 5 heteroatoms. The van der Waals surface area contributed by atoms with Crippen LogP contribution in [0, 0.1) is 13.8 Å². The molecule has 1 aliphatic heterocycles. The highest BCUT2D eigenvalue weighted by atomic mass is 16.5. The zero-order valence-electron chi connectivity index (χ0n) is 13.9. The minimum atomic E-state index is 0.00369. The zero-order chi connectivity index (χ0) is 15.4. The second-order valence-corrected chi connectivity index (χ2v) is 6.21. The van der Waals surface area contributed by atoms with Gasteiger partial charge in [0.25, 0.3) is 0 Å². The molecule has 1 atom stereocenters. The summed E-state index contributed by atoms with van der Waals surface area (Å²) >= 11 is 0. The molecule has 1 aromatic rings. The van der Waals surface area contributed by atoms with Crippen molar-refractivity contribution >= 4 is 0 Å². The molecule has 2 heterocycles. The van der Waals surface area contributed by atoms with Gasteiger partial charge in [-0.25, -0.2) is 9.97 Å². The molecule has 0 spiro atoms. The van der Waals surface area contributed by atoms with Crippen molar-refractivity contribution in [3.8, 4) is 0 Å². The molecule has 1 aromatic heterocycles. The smallest absolute Gasteiger partial charge is 0.158 e. The Hall–Kier alpha value is -1.04.